The maximum atomic E-state index is 4.26. The van der Waals surface area contributed by atoms with Gasteiger partial charge in [0.15, 0.2) is 5.65 Å². The van der Waals surface area contributed by atoms with Crippen LogP contribution >= 0.6 is 9.24 Å². The van der Waals surface area contributed by atoms with Crippen LogP contribution in [0.4, 0.5) is 0 Å². The maximum Gasteiger partial charge on any atom is 0.154 e. The number of imidazole rings is 1. The molecule has 0 N–H and O–H groups in total. The Bertz CT molecular complexity index is 393. The number of nitrogens with zero attached hydrogens (tertiary/aromatic N) is 3. The highest BCUT2D eigenvalue weighted by molar-refractivity contribution is 7.27. The lowest BCUT2D eigenvalue weighted by molar-refractivity contribution is 0.940. The fourth-order valence-electron chi connectivity index (χ4n) is 1.01. The van der Waals surface area contributed by atoms with E-state index in [2.05, 4.69) is 19.3 Å². The van der Waals surface area contributed by atoms with E-state index < -0.39 is 0 Å². The molecule has 0 aromatic carbocycles. The third-order valence-electron chi connectivity index (χ3n) is 1.46. The monoisotopic (exact) mass is 165 g/mol. The largest absolute Gasteiger partial charge is 0.232 e. The molecule has 1 unspecified atom stereocenters. The zero-order valence-electron chi connectivity index (χ0n) is 6.15. The summed E-state index contributed by atoms with van der Waals surface area (Å²) < 4.78 is 1.77. The van der Waals surface area contributed by atoms with Gasteiger partial charge < -0.3 is 0 Å². The minimum absolute atomic E-state index is 0.898. The van der Waals surface area contributed by atoms with Gasteiger partial charge in [-0.25, -0.2) is 9.50 Å². The molecule has 0 spiro atoms. The molecule has 0 saturated carbocycles. The van der Waals surface area contributed by atoms with E-state index in [0.29, 0.717) is 0 Å². The predicted octanol–water partition coefficient (Wildman–Crippen LogP) is 0.538. The first kappa shape index (κ1) is 6.74. The zero-order chi connectivity index (χ0) is 7.84. The highest BCUT2D eigenvalue weighted by atomic mass is 31.0. The molecule has 0 aliphatic carbocycles. The van der Waals surface area contributed by atoms with Crippen molar-refractivity contribution in [2.75, 3.05) is 0 Å². The second-order valence-electron chi connectivity index (χ2n) is 2.47. The lowest BCUT2D eigenvalue weighted by Gasteiger charge is -1.91. The van der Waals surface area contributed by atoms with Gasteiger partial charge in [-0.1, -0.05) is 0 Å². The normalized spacial score (nSPS) is 10.7. The minimum Gasteiger partial charge on any atom is -0.232 e. The minimum atomic E-state index is 0.898. The Kier molecular flexibility index (Phi) is 1.40. The van der Waals surface area contributed by atoms with Crippen LogP contribution in [0, 0.1) is 6.92 Å². The lowest BCUT2D eigenvalue weighted by atomic mass is 10.5. The van der Waals surface area contributed by atoms with E-state index in [1.165, 1.54) is 0 Å². The Labute approximate surface area is 66.7 Å². The predicted molar refractivity (Wildman–Crippen MR) is 47.1 cm³/mol. The van der Waals surface area contributed by atoms with Gasteiger partial charge in [0.25, 0.3) is 0 Å². The molecule has 0 bridgehead atoms. The van der Waals surface area contributed by atoms with E-state index in [1.54, 1.807) is 10.7 Å². The van der Waals surface area contributed by atoms with Gasteiger partial charge in [-0.3, -0.25) is 0 Å². The lowest BCUT2D eigenvalue weighted by Crippen LogP contribution is -1.97. The standard InChI is InChI=1S/C7H8N3P/c1-5-4-10-7(9-5)2-6(11)3-8-10/h2-4H,11H2,1H3. The van der Waals surface area contributed by atoms with E-state index >= 15 is 0 Å². The molecular formula is C7H8N3P. The first-order valence-electron chi connectivity index (χ1n) is 3.33. The molecule has 3 nitrogen and oxygen atoms in total. The van der Waals surface area contributed by atoms with Crippen LogP contribution in [0.1, 0.15) is 5.69 Å². The molecule has 2 aromatic rings. The highest BCUT2D eigenvalue weighted by Crippen LogP contribution is 2.00. The van der Waals surface area contributed by atoms with Gasteiger partial charge in [-0.2, -0.15) is 5.10 Å². The second-order valence-corrected chi connectivity index (χ2v) is 3.14. The molecule has 0 fully saturated rings. The Balaban J connectivity index is 2.82. The van der Waals surface area contributed by atoms with Crippen molar-refractivity contribution in [1.82, 2.24) is 14.6 Å². The second kappa shape index (κ2) is 2.28. The van der Waals surface area contributed by atoms with E-state index in [-0.39, 0.29) is 0 Å². The summed E-state index contributed by atoms with van der Waals surface area (Å²) in [6.45, 7) is 1.96. The van der Waals surface area contributed by atoms with Gasteiger partial charge >= 0.3 is 0 Å². The Morgan fingerprint density at radius 3 is 3.18 bits per heavy atom. The van der Waals surface area contributed by atoms with E-state index in [9.17, 15) is 0 Å². The molecule has 0 aliphatic rings. The van der Waals surface area contributed by atoms with Gasteiger partial charge in [0.05, 0.1) is 18.1 Å². The SMILES string of the molecule is Cc1cn2ncc(P)cc2n1. The topological polar surface area (TPSA) is 30.2 Å². The van der Waals surface area contributed by atoms with Crippen LogP contribution in [0.5, 0.6) is 0 Å². The molecule has 11 heavy (non-hydrogen) atoms. The summed E-state index contributed by atoms with van der Waals surface area (Å²) in [5.41, 5.74) is 1.89. The fourth-order valence-corrected chi connectivity index (χ4v) is 1.23. The number of hydrogen-bond acceptors (Lipinski definition) is 2. The number of aryl methyl sites for hydroxylation is 1. The average Bonchev–Trinajstić information content (AvgIpc) is 2.27. The maximum absolute atomic E-state index is 4.26. The van der Waals surface area contributed by atoms with Crippen molar-refractivity contribution in [3.63, 3.8) is 0 Å². The summed E-state index contributed by atoms with van der Waals surface area (Å²) in [6.07, 6.45) is 3.69. The van der Waals surface area contributed by atoms with Crippen LogP contribution in [-0.2, 0) is 0 Å². The van der Waals surface area contributed by atoms with Crippen molar-refractivity contribution in [3.05, 3.63) is 24.2 Å². The summed E-state index contributed by atoms with van der Waals surface area (Å²) in [4.78, 5) is 4.26. The van der Waals surface area contributed by atoms with Crippen LogP contribution in [0.2, 0.25) is 0 Å². The molecular weight excluding hydrogens is 157 g/mol. The molecule has 0 amide bonds. The Hall–Kier alpha value is -0.950. The van der Waals surface area contributed by atoms with E-state index in [0.717, 1.165) is 16.6 Å². The third-order valence-corrected chi connectivity index (χ3v) is 1.78. The molecule has 2 aromatic heterocycles. The molecule has 0 radical (unpaired) electrons. The van der Waals surface area contributed by atoms with Crippen molar-refractivity contribution in [3.8, 4) is 0 Å². The van der Waals surface area contributed by atoms with Crippen LogP contribution < -0.4 is 5.30 Å². The summed E-state index contributed by atoms with van der Waals surface area (Å²) in [7, 11) is 2.60. The van der Waals surface area contributed by atoms with Crippen molar-refractivity contribution in [2.45, 2.75) is 6.92 Å². The van der Waals surface area contributed by atoms with Crippen molar-refractivity contribution in [1.29, 1.82) is 0 Å². The van der Waals surface area contributed by atoms with Crippen molar-refractivity contribution in [2.24, 2.45) is 0 Å². The molecule has 1 atom stereocenters. The van der Waals surface area contributed by atoms with E-state index in [4.69, 9.17) is 0 Å². The molecule has 2 heterocycles. The third kappa shape index (κ3) is 1.12. The molecule has 2 rings (SSSR count). The number of rotatable bonds is 0. The van der Waals surface area contributed by atoms with Gasteiger partial charge in [-0.05, 0) is 18.3 Å². The number of aromatic nitrogens is 3. The van der Waals surface area contributed by atoms with Crippen molar-refractivity contribution < 1.29 is 0 Å². The molecule has 0 aliphatic heterocycles. The summed E-state index contributed by atoms with van der Waals surface area (Å²) in [5, 5.41) is 5.19. The van der Waals surface area contributed by atoms with Gasteiger partial charge in [0.1, 0.15) is 0 Å². The van der Waals surface area contributed by atoms with Crippen LogP contribution in [0.15, 0.2) is 18.5 Å². The molecule has 0 saturated heterocycles. The first-order chi connectivity index (χ1) is 5.25. The smallest absolute Gasteiger partial charge is 0.154 e. The van der Waals surface area contributed by atoms with Crippen LogP contribution in [0.25, 0.3) is 5.65 Å². The van der Waals surface area contributed by atoms with E-state index in [1.807, 2.05) is 19.2 Å². The van der Waals surface area contributed by atoms with Crippen molar-refractivity contribution >= 4 is 20.2 Å². The average molecular weight is 165 g/mol. The first-order valence-corrected chi connectivity index (χ1v) is 3.91. The fraction of sp³-hybridized carbons (Fsp3) is 0.143. The quantitative estimate of drug-likeness (QED) is 0.533. The summed E-state index contributed by atoms with van der Waals surface area (Å²) in [6, 6.07) is 1.98. The summed E-state index contributed by atoms with van der Waals surface area (Å²) in [5.74, 6) is 0. The molecule has 4 heteroatoms. The number of fused-ring (bicyclic) bond motifs is 1. The van der Waals surface area contributed by atoms with Gasteiger partial charge in [0.2, 0.25) is 0 Å². The van der Waals surface area contributed by atoms with Crippen LogP contribution in [0.3, 0.4) is 0 Å². The highest BCUT2D eigenvalue weighted by Gasteiger charge is 1.96. The van der Waals surface area contributed by atoms with Gasteiger partial charge in [0, 0.05) is 0 Å². The molecule has 56 valence electrons. The Morgan fingerprint density at radius 2 is 2.36 bits per heavy atom. The Morgan fingerprint density at radius 1 is 1.55 bits per heavy atom. The summed E-state index contributed by atoms with van der Waals surface area (Å²) >= 11 is 0. The van der Waals surface area contributed by atoms with Gasteiger partial charge in [-0.15, -0.1) is 9.24 Å². The number of hydrogen-bond donors (Lipinski definition) is 0. The van der Waals surface area contributed by atoms with Crippen LogP contribution in [-0.4, -0.2) is 14.6 Å². The zero-order valence-corrected chi connectivity index (χ0v) is 7.31.